The minimum absolute atomic E-state index is 0.00804. The number of carbonyl (C=O) groups excluding carboxylic acids is 3. The Bertz CT molecular complexity index is 6860. The van der Waals surface area contributed by atoms with Gasteiger partial charge >= 0.3 is 0 Å². The van der Waals surface area contributed by atoms with E-state index in [0.29, 0.717) is 110 Å². The Hall–Kier alpha value is -11.6. The molecular formula is C99H90Cl12F3N21O6. The second kappa shape index (κ2) is 42.1. The molecule has 0 saturated carbocycles. The van der Waals surface area contributed by atoms with E-state index in [1.807, 2.05) is 119 Å². The van der Waals surface area contributed by atoms with Gasteiger partial charge in [-0.3, -0.25) is 57.4 Å². The molecule has 3 aliphatic rings. The number of halogens is 15. The number of carbonyl (C=O) groups is 3. The zero-order valence-corrected chi connectivity index (χ0v) is 87.5. The molecular weight excluding hydrogens is 2060 g/mol. The van der Waals surface area contributed by atoms with Gasteiger partial charge in [0.2, 0.25) is 17.7 Å². The van der Waals surface area contributed by atoms with Crippen LogP contribution in [0.15, 0.2) is 107 Å². The lowest BCUT2D eigenvalue weighted by Crippen LogP contribution is -2.58. The monoisotopic (exact) mass is 2150 g/mol. The summed E-state index contributed by atoms with van der Waals surface area (Å²) >= 11 is 78.2. The Labute approximate surface area is 869 Å². The Morgan fingerprint density at radius 2 is 0.624 bits per heavy atom. The fourth-order valence-electron chi connectivity index (χ4n) is 18.8. The van der Waals surface area contributed by atoms with Gasteiger partial charge in [-0.05, 0) is 151 Å². The van der Waals surface area contributed by atoms with Crippen LogP contribution in [0, 0.1) is 72.2 Å². The largest absolute Gasteiger partial charge is 0.396 e. The molecule has 0 radical (unpaired) electrons. The molecule has 0 spiro atoms. The number of hydrogen-bond donors (Lipinski definition) is 3. The third-order valence-corrected chi connectivity index (χ3v) is 29.4. The standard InChI is InChI=1S/3C33H30Cl4FN7O2/c1-7-21(46)44-16(5)12-43(13-17(44)6)31-18-10-20(34)29(22-23(35)26(38)25(37)27(40)24(22)36)42-32(18)45(33(47)19(31)11-39)30-15(4)8-9-41-28(30)14(2)3;2*1-7-21(46)44-16(5)12-43(13-17(44)6)31-18-10-20(34)29(22-23(35)25(37)26(38)27(40)24(22)36)42-32(18)45(33(47)19(31)11-39)30-15(4)8-9-41-28(30)14(2)3/h3*7-10,14,16-17H,1,12-13,40H2,2-6H3/t3*16-,17+. The van der Waals surface area contributed by atoms with E-state index in [9.17, 15) is 53.3 Å². The number of nitrogens with zero attached hydrogens (tertiary/aromatic N) is 18. The fraction of sp³-hybridized carbons (Fsp3) is 0.303. The highest BCUT2D eigenvalue weighted by atomic mass is 35.5. The van der Waals surface area contributed by atoms with Crippen molar-refractivity contribution in [1.82, 2.24) is 58.3 Å². The molecule has 0 bridgehead atoms. The molecule has 0 aliphatic carbocycles. The fourth-order valence-corrected chi connectivity index (χ4v) is 22.0. The van der Waals surface area contributed by atoms with Gasteiger partial charge in [0.25, 0.3) is 16.7 Å². The van der Waals surface area contributed by atoms with Gasteiger partial charge in [0, 0.05) is 127 Å². The molecule has 6 atom stereocenters. The summed E-state index contributed by atoms with van der Waals surface area (Å²) in [6.07, 6.45) is 8.72. The average molecular weight is 2150 g/mol. The quantitative estimate of drug-likeness (QED) is 0.0371. The SMILES string of the molecule is C=CC(=O)N1[C@H](C)CN(c2c(C#N)c(=O)n(-c3c(C)ccnc3C(C)C)c3nc(-c4c(Cl)c(N)c(Cl)c(F)c4Cl)c(Cl)cc23)C[C@@H]1C.C=CC(=O)N1[C@H](C)CN(c2c(C#N)c(=O)n(-c3c(C)ccnc3C(C)C)c3nc(-c4c(Cl)c(N)c(F)c(Cl)c4Cl)c(Cl)cc23)C[C@@H]1C.C=CC(=O)N1[C@H](C)CN(c2c(C#N)c(=O)n(-c3c(C)ccnc3C(C)C)c3nc(-c4c(Cl)c(N)c(F)c(Cl)c4Cl)c(Cl)cc23)C[C@@H]1C. The van der Waals surface area contributed by atoms with Crippen LogP contribution >= 0.6 is 139 Å². The summed E-state index contributed by atoms with van der Waals surface area (Å²) in [7, 11) is 0. The molecule has 141 heavy (non-hydrogen) atoms. The van der Waals surface area contributed by atoms with Gasteiger partial charge in [-0.15, -0.1) is 0 Å². The van der Waals surface area contributed by atoms with Gasteiger partial charge in [0.05, 0.1) is 141 Å². The highest BCUT2D eigenvalue weighted by Crippen LogP contribution is 2.53. The molecule has 732 valence electrons. The molecule has 12 aromatic rings. The molecule has 6 N–H and O–H groups in total. The van der Waals surface area contributed by atoms with E-state index in [-0.39, 0.29) is 198 Å². The molecule has 0 unspecified atom stereocenters. The maximum Gasteiger partial charge on any atom is 0.276 e. The molecule has 12 heterocycles. The predicted octanol–water partition coefficient (Wildman–Crippen LogP) is 23.1. The molecule has 3 fully saturated rings. The Kier molecular flexibility index (Phi) is 31.9. The lowest BCUT2D eigenvalue weighted by molar-refractivity contribution is -0.131. The van der Waals surface area contributed by atoms with Crippen molar-refractivity contribution in [3.05, 3.63) is 252 Å². The highest BCUT2D eigenvalue weighted by Gasteiger charge is 2.42. The summed E-state index contributed by atoms with van der Waals surface area (Å²) < 4.78 is 48.6. The molecule has 42 heteroatoms. The van der Waals surface area contributed by atoms with Crippen LogP contribution in [0.25, 0.3) is 83.9 Å². The summed E-state index contributed by atoms with van der Waals surface area (Å²) in [6, 6.07) is 14.5. The first kappa shape index (κ1) is 107. The van der Waals surface area contributed by atoms with Crippen LogP contribution in [0.1, 0.15) is 151 Å². The van der Waals surface area contributed by atoms with Gasteiger partial charge < -0.3 is 46.6 Å². The average Bonchev–Trinajstić information content (AvgIpc) is 0.725. The maximum atomic E-state index is 15.1. The molecule has 3 aromatic carbocycles. The number of rotatable bonds is 15. The van der Waals surface area contributed by atoms with Gasteiger partial charge in [-0.1, -0.05) is 200 Å². The van der Waals surface area contributed by atoms with Gasteiger partial charge in [-0.2, -0.15) is 15.8 Å². The molecule has 27 nitrogen and oxygen atoms in total. The number of anilines is 6. The van der Waals surface area contributed by atoms with Crippen molar-refractivity contribution in [2.45, 2.75) is 158 Å². The maximum absolute atomic E-state index is 15.1. The van der Waals surface area contributed by atoms with Crippen LogP contribution in [0.2, 0.25) is 60.3 Å². The number of nitriles is 3. The summed E-state index contributed by atoms with van der Waals surface area (Å²) in [5.74, 6) is -4.05. The minimum Gasteiger partial charge on any atom is -0.396 e. The number of pyridine rings is 9. The number of amides is 3. The molecule has 3 amide bonds. The number of piperazine rings is 3. The normalized spacial score (nSPS) is 16.6. The second-order valence-corrected chi connectivity index (χ2v) is 40.0. The van der Waals surface area contributed by atoms with Crippen LogP contribution in [0.5, 0.6) is 0 Å². The smallest absolute Gasteiger partial charge is 0.276 e. The van der Waals surface area contributed by atoms with Crippen LogP contribution in [0.4, 0.5) is 47.3 Å². The van der Waals surface area contributed by atoms with Crippen LogP contribution in [-0.2, 0) is 14.4 Å². The van der Waals surface area contributed by atoms with Crippen molar-refractivity contribution < 1.29 is 27.6 Å². The lowest BCUT2D eigenvalue weighted by atomic mass is 10.0. The van der Waals surface area contributed by atoms with Crippen LogP contribution in [-0.4, -0.2) is 152 Å². The number of benzene rings is 3. The Morgan fingerprint density at radius 1 is 0.383 bits per heavy atom. The van der Waals surface area contributed by atoms with E-state index in [0.717, 1.165) is 0 Å². The number of hydrogen-bond acceptors (Lipinski definition) is 21. The van der Waals surface area contributed by atoms with Crippen LogP contribution in [0.3, 0.4) is 0 Å². The van der Waals surface area contributed by atoms with Crippen molar-refractivity contribution in [2.24, 2.45) is 0 Å². The number of nitrogen functional groups attached to an aromatic ring is 3. The van der Waals surface area contributed by atoms with E-state index in [1.165, 1.54) is 38.0 Å². The molecule has 3 saturated heterocycles. The Morgan fingerprint density at radius 3 is 0.858 bits per heavy atom. The number of nitrogens with two attached hydrogens (primary N) is 3. The first-order valence-electron chi connectivity index (χ1n) is 43.9. The molecule has 15 rings (SSSR count). The number of aromatic nitrogens is 9. The molecule has 3 aliphatic heterocycles. The first-order chi connectivity index (χ1) is 66.5. The second-order valence-electron chi connectivity index (χ2n) is 35.3. The van der Waals surface area contributed by atoms with Crippen LogP contribution < -0.4 is 48.6 Å². The first-order valence-corrected chi connectivity index (χ1v) is 48.4. The summed E-state index contributed by atoms with van der Waals surface area (Å²) in [5, 5.41) is 29.6. The van der Waals surface area contributed by atoms with Crippen molar-refractivity contribution in [2.75, 3.05) is 71.2 Å². The van der Waals surface area contributed by atoms with E-state index in [4.69, 9.17) is 171 Å². The summed E-state index contributed by atoms with van der Waals surface area (Å²) in [4.78, 5) is 121. The van der Waals surface area contributed by atoms with Gasteiger partial charge in [-0.25, -0.2) is 28.1 Å². The zero-order chi connectivity index (χ0) is 104. The lowest BCUT2D eigenvalue weighted by Gasteiger charge is -2.45. The van der Waals surface area contributed by atoms with Gasteiger partial charge in [0.1, 0.15) is 56.9 Å². The number of aryl methyl sites for hydroxylation is 3. The third-order valence-electron chi connectivity index (χ3n) is 24.9. The van der Waals surface area contributed by atoms with E-state index in [2.05, 4.69) is 52.9 Å². The summed E-state index contributed by atoms with van der Waals surface area (Å²) in [5.41, 5.74) is 20.5. The van der Waals surface area contributed by atoms with Crippen molar-refractivity contribution in [3.8, 4) is 69.0 Å². The third kappa shape index (κ3) is 18.8. The molecule has 9 aromatic heterocycles. The van der Waals surface area contributed by atoms with E-state index >= 15 is 4.39 Å². The van der Waals surface area contributed by atoms with E-state index < -0.39 is 65.6 Å². The van der Waals surface area contributed by atoms with Crippen molar-refractivity contribution >= 4 is 224 Å². The highest BCUT2D eigenvalue weighted by molar-refractivity contribution is 6.50. The van der Waals surface area contributed by atoms with Crippen molar-refractivity contribution in [3.63, 3.8) is 0 Å². The van der Waals surface area contributed by atoms with Gasteiger partial charge in [0.15, 0.2) is 17.5 Å². The number of fused-ring (bicyclic) bond motifs is 3. The zero-order valence-electron chi connectivity index (χ0n) is 78.4. The van der Waals surface area contributed by atoms with E-state index in [1.54, 1.807) is 63.6 Å². The minimum atomic E-state index is -1.01. The summed E-state index contributed by atoms with van der Waals surface area (Å²) in [6.45, 7) is 40.9. The predicted molar refractivity (Wildman–Crippen MR) is 560 cm³/mol. The van der Waals surface area contributed by atoms with Crippen molar-refractivity contribution in [1.29, 1.82) is 15.8 Å². The Balaban J connectivity index is 0.000000178. The topological polar surface area (TPSA) is 363 Å².